The molecule has 1 aromatic carbocycles. The molecule has 0 unspecified atom stereocenters. The smallest absolute Gasteiger partial charge is 0.145 e. The number of methoxy groups -OCH3 is 1. The fourth-order valence-corrected chi connectivity index (χ4v) is 3.61. The van der Waals surface area contributed by atoms with Gasteiger partial charge in [-0.25, -0.2) is 9.97 Å². The van der Waals surface area contributed by atoms with Crippen molar-refractivity contribution >= 4 is 27.3 Å². The van der Waals surface area contributed by atoms with Gasteiger partial charge in [-0.15, -0.1) is 0 Å². The zero-order valence-electron chi connectivity index (χ0n) is 14.5. The minimum absolute atomic E-state index is 0.222. The van der Waals surface area contributed by atoms with E-state index in [1.807, 2.05) is 25.1 Å². The molecule has 0 atom stereocenters. The maximum atomic E-state index is 11.5. The lowest BCUT2D eigenvalue weighted by Gasteiger charge is -2.38. The average molecular weight is 363 g/mol. The highest BCUT2D eigenvalue weighted by molar-refractivity contribution is 7.74. The fraction of sp³-hybridized carbons (Fsp3) is 0.529. The molecule has 1 aromatic heterocycles. The number of ether oxygens (including phenoxy) is 1. The summed E-state index contributed by atoms with van der Waals surface area (Å²) in [6.45, 7) is 3.36. The maximum absolute atomic E-state index is 11.5. The van der Waals surface area contributed by atoms with Crippen LogP contribution in [-0.4, -0.2) is 53.2 Å². The summed E-state index contributed by atoms with van der Waals surface area (Å²) in [7, 11) is 0.422. The Kier molecular flexibility index (Phi) is 5.39. The number of anilines is 1. The second-order valence-corrected chi connectivity index (χ2v) is 7.64. The monoisotopic (exact) mass is 363 g/mol. The van der Waals surface area contributed by atoms with Crippen LogP contribution in [0.4, 0.5) is 5.82 Å². The van der Waals surface area contributed by atoms with Gasteiger partial charge in [0, 0.05) is 25.0 Å². The second kappa shape index (κ2) is 7.53. The molecular formula is C17H23N4O3S-. The Morgan fingerprint density at radius 2 is 2.12 bits per heavy atom. The van der Waals surface area contributed by atoms with Crippen molar-refractivity contribution in [2.75, 3.05) is 37.4 Å². The van der Waals surface area contributed by atoms with Crippen LogP contribution in [0.25, 0.3) is 10.9 Å². The summed E-state index contributed by atoms with van der Waals surface area (Å²) in [5.41, 5.74) is -0.105. The van der Waals surface area contributed by atoms with E-state index in [-0.39, 0.29) is 6.54 Å². The first kappa shape index (κ1) is 17.9. The summed E-state index contributed by atoms with van der Waals surface area (Å²) in [5.74, 6) is 2.05. The Bertz CT molecular complexity index is 828. The summed E-state index contributed by atoms with van der Waals surface area (Å²) in [5, 5.41) is 11.6. The highest BCUT2D eigenvalue weighted by atomic mass is 32.2. The number of piperidine rings is 1. The van der Waals surface area contributed by atoms with Crippen molar-refractivity contribution in [3.63, 3.8) is 0 Å². The third kappa shape index (κ3) is 3.85. The van der Waals surface area contributed by atoms with Crippen LogP contribution in [0.15, 0.2) is 28.9 Å². The normalized spacial score (nSPS) is 18.4. The molecule has 2 heterocycles. The van der Waals surface area contributed by atoms with E-state index >= 15 is 0 Å². The Morgan fingerprint density at radius 3 is 2.80 bits per heavy atom. The average Bonchev–Trinajstić information content (AvgIpc) is 2.66. The molecule has 1 N–H and O–H groups in total. The molecule has 25 heavy (non-hydrogen) atoms. The topological polar surface area (TPSA) is 87.9 Å². The van der Waals surface area contributed by atoms with Gasteiger partial charge >= 0.3 is 0 Å². The number of aromatic nitrogens is 2. The number of fused-ring (bicyclic) bond motifs is 1. The van der Waals surface area contributed by atoms with Crippen LogP contribution in [0.2, 0.25) is 0 Å². The van der Waals surface area contributed by atoms with Gasteiger partial charge in [0.2, 0.25) is 0 Å². The van der Waals surface area contributed by atoms with Gasteiger partial charge < -0.3 is 23.3 Å². The van der Waals surface area contributed by atoms with E-state index < -0.39 is 16.2 Å². The summed E-state index contributed by atoms with van der Waals surface area (Å²) >= 11 is 0. The van der Waals surface area contributed by atoms with E-state index in [9.17, 15) is 9.32 Å². The number of hydrogen-bond donors (Lipinski definition) is 1. The molecule has 0 aliphatic carbocycles. The number of benzene rings is 1. The molecule has 1 fully saturated rings. The largest absolute Gasteiger partial charge is 0.494 e. The van der Waals surface area contributed by atoms with Crippen molar-refractivity contribution in [1.82, 2.24) is 9.97 Å². The molecule has 3 rings (SSSR count). The molecule has 0 radical (unpaired) electrons. The van der Waals surface area contributed by atoms with Gasteiger partial charge in [0.05, 0.1) is 12.7 Å². The van der Waals surface area contributed by atoms with Crippen LogP contribution < -0.4 is 9.64 Å². The first-order chi connectivity index (χ1) is 12.1. The van der Waals surface area contributed by atoms with Crippen LogP contribution in [0.3, 0.4) is 0 Å². The summed E-state index contributed by atoms with van der Waals surface area (Å²) in [6.07, 6.45) is 2.67. The number of aliphatic hydroxyl groups is 1. The van der Waals surface area contributed by atoms with E-state index in [4.69, 9.17) is 4.74 Å². The van der Waals surface area contributed by atoms with Crippen LogP contribution in [-0.2, 0) is 14.8 Å². The number of nitrogens with zero attached hydrogens (tertiary/aromatic N) is 4. The van der Waals surface area contributed by atoms with E-state index in [1.165, 1.54) is 0 Å². The lowest BCUT2D eigenvalue weighted by Crippen LogP contribution is -2.46. The van der Waals surface area contributed by atoms with Gasteiger partial charge in [-0.2, -0.15) is 10.6 Å². The Labute approximate surface area is 149 Å². The zero-order valence-corrected chi connectivity index (χ0v) is 15.3. The highest BCUT2D eigenvalue weighted by Crippen LogP contribution is 2.32. The van der Waals surface area contributed by atoms with Crippen molar-refractivity contribution < 1.29 is 14.1 Å². The van der Waals surface area contributed by atoms with Crippen LogP contribution in [0.1, 0.15) is 19.8 Å². The predicted molar refractivity (Wildman–Crippen MR) is 98.4 cm³/mol. The van der Waals surface area contributed by atoms with Crippen molar-refractivity contribution in [3.8, 4) is 5.75 Å². The predicted octanol–water partition coefficient (Wildman–Crippen LogP) is 2.14. The summed E-state index contributed by atoms with van der Waals surface area (Å²) < 4.78 is 20.9. The van der Waals surface area contributed by atoms with Crippen molar-refractivity contribution in [2.24, 2.45) is 4.36 Å². The standard InChI is InChI=1S/C17H23N4O3S/c1-3-25(23)20-11-17(22)7-9-21(10-8-17)16-13-5-4-6-14(24-2)15(13)18-12-19-16/h4-6,12,22H,3,7-11H2,1-2H3/q-1. The highest BCUT2D eigenvalue weighted by Gasteiger charge is 2.32. The third-order valence-corrected chi connectivity index (χ3v) is 5.48. The molecule has 1 aliphatic heterocycles. The molecule has 0 spiro atoms. The van der Waals surface area contributed by atoms with Gasteiger partial charge in [0.25, 0.3) is 0 Å². The Hall–Kier alpha value is -1.93. The molecule has 0 amide bonds. The fourth-order valence-electron chi connectivity index (χ4n) is 3.04. The summed E-state index contributed by atoms with van der Waals surface area (Å²) in [4.78, 5) is 10.9. The SMILES string of the molecule is CC[S-](=O)=NCC1(O)CCN(c2ncnc3c(OC)cccc23)CC1. The van der Waals surface area contributed by atoms with Gasteiger partial charge in [-0.05, 0) is 25.0 Å². The van der Waals surface area contributed by atoms with E-state index in [1.54, 1.807) is 13.4 Å². The molecule has 136 valence electrons. The Morgan fingerprint density at radius 1 is 1.36 bits per heavy atom. The molecule has 8 heteroatoms. The molecule has 2 aromatic rings. The molecule has 7 nitrogen and oxygen atoms in total. The lowest BCUT2D eigenvalue weighted by atomic mass is 9.91. The zero-order chi connectivity index (χ0) is 17.9. The summed E-state index contributed by atoms with van der Waals surface area (Å²) in [6, 6.07) is 5.78. The van der Waals surface area contributed by atoms with Gasteiger partial charge in [-0.1, -0.05) is 18.7 Å². The number of rotatable bonds is 5. The third-order valence-electron chi connectivity index (χ3n) is 4.57. The van der Waals surface area contributed by atoms with Crippen LogP contribution in [0.5, 0.6) is 5.75 Å². The van der Waals surface area contributed by atoms with E-state index in [2.05, 4.69) is 19.2 Å². The van der Waals surface area contributed by atoms with Crippen molar-refractivity contribution in [2.45, 2.75) is 25.4 Å². The number of hydrogen-bond acceptors (Lipinski definition) is 8. The minimum Gasteiger partial charge on any atom is -0.494 e. The lowest BCUT2D eigenvalue weighted by molar-refractivity contribution is 0.0258. The van der Waals surface area contributed by atoms with Crippen molar-refractivity contribution in [3.05, 3.63) is 24.5 Å². The quantitative estimate of drug-likeness (QED) is 0.819. The van der Waals surface area contributed by atoms with Crippen LogP contribution >= 0.6 is 0 Å². The second-order valence-electron chi connectivity index (χ2n) is 6.16. The Balaban J connectivity index is 1.80. The van der Waals surface area contributed by atoms with E-state index in [0.717, 1.165) is 22.5 Å². The van der Waals surface area contributed by atoms with Crippen LogP contribution in [0, 0.1) is 0 Å². The van der Waals surface area contributed by atoms with Gasteiger partial charge in [0.1, 0.15) is 23.4 Å². The number of para-hydroxylation sites is 1. The van der Waals surface area contributed by atoms with Gasteiger partial charge in [-0.3, -0.25) is 0 Å². The molecular weight excluding hydrogens is 340 g/mol. The minimum atomic E-state index is -1.20. The first-order valence-electron chi connectivity index (χ1n) is 8.37. The van der Waals surface area contributed by atoms with E-state index in [0.29, 0.717) is 31.7 Å². The molecule has 0 bridgehead atoms. The van der Waals surface area contributed by atoms with Crippen molar-refractivity contribution in [1.29, 1.82) is 0 Å². The molecule has 1 aliphatic rings. The first-order valence-corrected chi connectivity index (χ1v) is 9.65. The van der Waals surface area contributed by atoms with Gasteiger partial charge in [0.15, 0.2) is 0 Å². The molecule has 1 saturated heterocycles. The molecule has 0 saturated carbocycles. The maximum Gasteiger partial charge on any atom is 0.145 e.